The molecule has 0 saturated carbocycles. The number of likely N-dealkylation sites (tertiary alicyclic amines) is 1. The van der Waals surface area contributed by atoms with E-state index in [0.717, 1.165) is 23.2 Å². The number of amides is 2. The molecule has 6 nitrogen and oxygen atoms in total. The molecular formula is C19H22N4O2. The van der Waals surface area contributed by atoms with Gasteiger partial charge in [0.2, 0.25) is 11.8 Å². The van der Waals surface area contributed by atoms with Crippen LogP contribution in [0.15, 0.2) is 30.5 Å². The number of fused-ring (bicyclic) bond motifs is 1. The van der Waals surface area contributed by atoms with E-state index < -0.39 is 0 Å². The average molecular weight is 338 g/mol. The molecule has 2 amide bonds. The fourth-order valence-corrected chi connectivity index (χ4v) is 3.70. The molecular weight excluding hydrogens is 316 g/mol. The number of carbonyl (C=O) groups excluding carboxylic acids is 2. The zero-order valence-corrected chi connectivity index (χ0v) is 14.4. The van der Waals surface area contributed by atoms with Crippen LogP contribution in [0.5, 0.6) is 0 Å². The largest absolute Gasteiger partial charge is 0.336 e. The summed E-state index contributed by atoms with van der Waals surface area (Å²) in [5, 5.41) is 7.04. The third-order valence-electron chi connectivity index (χ3n) is 5.20. The molecule has 2 aliphatic heterocycles. The van der Waals surface area contributed by atoms with Gasteiger partial charge in [0.25, 0.3) is 0 Å². The zero-order chi connectivity index (χ0) is 17.4. The zero-order valence-electron chi connectivity index (χ0n) is 14.4. The van der Waals surface area contributed by atoms with E-state index in [4.69, 9.17) is 0 Å². The smallest absolute Gasteiger partial charge is 0.245 e. The van der Waals surface area contributed by atoms with Crippen molar-refractivity contribution in [1.29, 1.82) is 0 Å². The van der Waals surface area contributed by atoms with Crippen LogP contribution in [0.3, 0.4) is 0 Å². The molecule has 1 atom stereocenters. The molecule has 0 bridgehead atoms. The molecule has 0 radical (unpaired) electrons. The van der Waals surface area contributed by atoms with Crippen LogP contribution in [-0.2, 0) is 29.1 Å². The van der Waals surface area contributed by atoms with Crippen molar-refractivity contribution in [2.75, 3.05) is 6.54 Å². The van der Waals surface area contributed by atoms with E-state index in [0.29, 0.717) is 32.5 Å². The Morgan fingerprint density at radius 1 is 1.28 bits per heavy atom. The van der Waals surface area contributed by atoms with Crippen molar-refractivity contribution in [1.82, 2.24) is 20.0 Å². The van der Waals surface area contributed by atoms with Crippen LogP contribution in [0.2, 0.25) is 0 Å². The first-order chi connectivity index (χ1) is 12.1. The van der Waals surface area contributed by atoms with Crippen molar-refractivity contribution in [3.63, 3.8) is 0 Å². The normalized spacial score (nSPS) is 20.0. The van der Waals surface area contributed by atoms with E-state index in [9.17, 15) is 9.59 Å². The first kappa shape index (κ1) is 15.9. The Bertz CT molecular complexity index is 796. The third kappa shape index (κ3) is 3.04. The lowest BCUT2D eigenvalue weighted by atomic mass is 10.1. The SMILES string of the molecule is Cc1ccc(CN2C(=O)CCC2C(=O)N2CCc3[nH]ncc3C2)cc1. The van der Waals surface area contributed by atoms with Crippen LogP contribution in [-0.4, -0.2) is 44.4 Å². The maximum Gasteiger partial charge on any atom is 0.245 e. The van der Waals surface area contributed by atoms with Crippen molar-refractivity contribution < 1.29 is 9.59 Å². The summed E-state index contributed by atoms with van der Waals surface area (Å²) >= 11 is 0. The summed E-state index contributed by atoms with van der Waals surface area (Å²) in [5.74, 6) is 0.129. The number of aryl methyl sites for hydroxylation is 1. The van der Waals surface area contributed by atoms with Crippen molar-refractivity contribution in [2.45, 2.75) is 45.3 Å². The number of benzene rings is 1. The second kappa shape index (κ2) is 6.35. The highest BCUT2D eigenvalue weighted by Crippen LogP contribution is 2.25. The molecule has 6 heteroatoms. The molecule has 0 spiro atoms. The lowest BCUT2D eigenvalue weighted by Gasteiger charge is -2.32. The number of H-pyrrole nitrogens is 1. The highest BCUT2D eigenvalue weighted by Gasteiger charge is 2.38. The molecule has 3 heterocycles. The Hall–Kier alpha value is -2.63. The molecule has 1 fully saturated rings. The van der Waals surface area contributed by atoms with Crippen molar-refractivity contribution in [3.8, 4) is 0 Å². The van der Waals surface area contributed by atoms with Gasteiger partial charge in [-0.15, -0.1) is 0 Å². The Morgan fingerprint density at radius 3 is 2.88 bits per heavy atom. The first-order valence-corrected chi connectivity index (χ1v) is 8.77. The lowest BCUT2D eigenvalue weighted by Crippen LogP contribution is -2.47. The third-order valence-corrected chi connectivity index (χ3v) is 5.20. The van der Waals surface area contributed by atoms with Gasteiger partial charge in [0.1, 0.15) is 6.04 Å². The summed E-state index contributed by atoms with van der Waals surface area (Å²) in [4.78, 5) is 29.0. The number of hydrogen-bond acceptors (Lipinski definition) is 3. The van der Waals surface area contributed by atoms with Gasteiger partial charge in [0.15, 0.2) is 0 Å². The van der Waals surface area contributed by atoms with Gasteiger partial charge in [-0.2, -0.15) is 5.10 Å². The van der Waals surface area contributed by atoms with Crippen LogP contribution in [0.4, 0.5) is 0 Å². The van der Waals surface area contributed by atoms with E-state index in [1.807, 2.05) is 36.1 Å². The predicted molar refractivity (Wildman–Crippen MR) is 92.5 cm³/mol. The minimum atomic E-state index is -0.345. The van der Waals surface area contributed by atoms with Crippen molar-refractivity contribution in [2.24, 2.45) is 0 Å². The molecule has 1 aromatic heterocycles. The summed E-state index contributed by atoms with van der Waals surface area (Å²) in [5.41, 5.74) is 4.44. The minimum absolute atomic E-state index is 0.0600. The van der Waals surface area contributed by atoms with Gasteiger partial charge in [-0.1, -0.05) is 29.8 Å². The fourth-order valence-electron chi connectivity index (χ4n) is 3.70. The lowest BCUT2D eigenvalue weighted by molar-refractivity contribution is -0.142. The highest BCUT2D eigenvalue weighted by atomic mass is 16.2. The van der Waals surface area contributed by atoms with Crippen molar-refractivity contribution >= 4 is 11.8 Å². The molecule has 1 N–H and O–H groups in total. The monoisotopic (exact) mass is 338 g/mol. The number of hydrogen-bond donors (Lipinski definition) is 1. The second-order valence-corrected chi connectivity index (χ2v) is 6.95. The quantitative estimate of drug-likeness (QED) is 0.928. The van der Waals surface area contributed by atoms with Gasteiger partial charge >= 0.3 is 0 Å². The maximum absolute atomic E-state index is 13.0. The number of rotatable bonds is 3. The van der Waals surface area contributed by atoms with E-state index in [2.05, 4.69) is 10.2 Å². The Labute approximate surface area is 146 Å². The minimum Gasteiger partial charge on any atom is -0.336 e. The fraction of sp³-hybridized carbons (Fsp3) is 0.421. The molecule has 2 aromatic rings. The summed E-state index contributed by atoms with van der Waals surface area (Å²) in [6.45, 7) is 3.79. The molecule has 2 aliphatic rings. The maximum atomic E-state index is 13.0. The summed E-state index contributed by atoms with van der Waals surface area (Å²) < 4.78 is 0. The Kier molecular flexibility index (Phi) is 4.03. The highest BCUT2D eigenvalue weighted by molar-refractivity contribution is 5.91. The van der Waals surface area contributed by atoms with E-state index in [1.165, 1.54) is 5.56 Å². The van der Waals surface area contributed by atoms with Crippen molar-refractivity contribution in [3.05, 3.63) is 52.8 Å². The molecule has 1 unspecified atom stereocenters. The first-order valence-electron chi connectivity index (χ1n) is 8.77. The van der Waals surface area contributed by atoms with E-state index in [1.54, 1.807) is 11.1 Å². The summed E-state index contributed by atoms with van der Waals surface area (Å²) in [7, 11) is 0. The number of aromatic nitrogens is 2. The average Bonchev–Trinajstić information content (AvgIpc) is 3.23. The van der Waals surface area contributed by atoms with E-state index >= 15 is 0 Å². The van der Waals surface area contributed by atoms with Crippen LogP contribution in [0, 0.1) is 6.92 Å². The predicted octanol–water partition coefficient (Wildman–Crippen LogP) is 1.79. The summed E-state index contributed by atoms with van der Waals surface area (Å²) in [6.07, 6.45) is 3.64. The van der Waals surface area contributed by atoms with Gasteiger partial charge in [-0.25, -0.2) is 0 Å². The Morgan fingerprint density at radius 2 is 2.08 bits per heavy atom. The van der Waals surface area contributed by atoms with Gasteiger partial charge in [-0.3, -0.25) is 14.7 Å². The summed E-state index contributed by atoms with van der Waals surface area (Å²) in [6, 6.07) is 7.79. The van der Waals surface area contributed by atoms with Gasteiger partial charge in [-0.05, 0) is 18.9 Å². The molecule has 4 rings (SSSR count). The second-order valence-electron chi connectivity index (χ2n) is 6.95. The standard InChI is InChI=1S/C19H22N4O2/c1-13-2-4-14(5-3-13)11-23-17(6-7-18(23)24)19(25)22-9-8-16-15(12-22)10-20-21-16/h2-5,10,17H,6-9,11-12H2,1H3,(H,20,21). The number of nitrogens with zero attached hydrogens (tertiary/aromatic N) is 3. The van der Waals surface area contributed by atoms with Crippen LogP contribution < -0.4 is 0 Å². The molecule has 0 aliphatic carbocycles. The van der Waals surface area contributed by atoms with Gasteiger partial charge < -0.3 is 9.80 Å². The Balaban J connectivity index is 1.49. The molecule has 1 aromatic carbocycles. The van der Waals surface area contributed by atoms with Crippen LogP contribution in [0.1, 0.15) is 35.2 Å². The number of aromatic amines is 1. The number of carbonyl (C=O) groups is 2. The van der Waals surface area contributed by atoms with E-state index in [-0.39, 0.29) is 17.9 Å². The number of nitrogens with one attached hydrogen (secondary N) is 1. The van der Waals surface area contributed by atoms with Crippen LogP contribution >= 0.6 is 0 Å². The molecule has 130 valence electrons. The topological polar surface area (TPSA) is 69.3 Å². The van der Waals surface area contributed by atoms with Crippen LogP contribution in [0.25, 0.3) is 0 Å². The van der Waals surface area contributed by atoms with Gasteiger partial charge in [0, 0.05) is 43.7 Å². The molecule has 25 heavy (non-hydrogen) atoms. The molecule has 1 saturated heterocycles. The van der Waals surface area contributed by atoms with Gasteiger partial charge in [0.05, 0.1) is 6.20 Å².